The Labute approximate surface area is 105 Å². The van der Waals surface area contributed by atoms with Crippen molar-refractivity contribution < 1.29 is 4.74 Å². The van der Waals surface area contributed by atoms with Gasteiger partial charge in [-0.15, -0.1) is 0 Å². The van der Waals surface area contributed by atoms with E-state index in [4.69, 9.17) is 4.74 Å². The van der Waals surface area contributed by atoms with Crippen LogP contribution >= 0.6 is 0 Å². The van der Waals surface area contributed by atoms with E-state index in [0.717, 1.165) is 31.1 Å². The van der Waals surface area contributed by atoms with Gasteiger partial charge in [-0.25, -0.2) is 0 Å². The number of rotatable bonds is 7. The van der Waals surface area contributed by atoms with Crippen molar-refractivity contribution in [2.24, 2.45) is 5.92 Å². The maximum absolute atomic E-state index is 5.63. The molecule has 0 aliphatic rings. The van der Waals surface area contributed by atoms with Gasteiger partial charge in [-0.2, -0.15) is 0 Å². The fourth-order valence-electron chi connectivity index (χ4n) is 1.34. The summed E-state index contributed by atoms with van der Waals surface area (Å²) in [7, 11) is 4.09. The van der Waals surface area contributed by atoms with Crippen LogP contribution in [0.5, 0.6) is 5.75 Å². The third-order valence-electron chi connectivity index (χ3n) is 2.38. The Balaban J connectivity index is 2.34. The number of likely N-dealkylation sites (N-methyl/N-ethyl adjacent to an activating group) is 1. The van der Waals surface area contributed by atoms with E-state index in [0.29, 0.717) is 5.92 Å². The van der Waals surface area contributed by atoms with Crippen LogP contribution in [-0.4, -0.2) is 38.7 Å². The summed E-state index contributed by atoms with van der Waals surface area (Å²) in [5, 5.41) is 3.38. The maximum atomic E-state index is 5.63. The Morgan fingerprint density at radius 1 is 1.18 bits per heavy atom. The van der Waals surface area contributed by atoms with Gasteiger partial charge in [0.2, 0.25) is 0 Å². The van der Waals surface area contributed by atoms with Crippen LogP contribution in [-0.2, 0) is 0 Å². The number of benzene rings is 1. The van der Waals surface area contributed by atoms with Crippen LogP contribution in [0.1, 0.15) is 13.8 Å². The van der Waals surface area contributed by atoms with Crippen LogP contribution in [0.4, 0.5) is 5.69 Å². The Hall–Kier alpha value is -1.22. The molecule has 0 aliphatic heterocycles. The summed E-state index contributed by atoms with van der Waals surface area (Å²) < 4.78 is 5.63. The van der Waals surface area contributed by atoms with Crippen LogP contribution in [0.3, 0.4) is 0 Å². The van der Waals surface area contributed by atoms with Gasteiger partial charge in [0.1, 0.15) is 12.4 Å². The molecule has 0 spiro atoms. The lowest BCUT2D eigenvalue weighted by molar-refractivity contribution is 0.261. The van der Waals surface area contributed by atoms with Crippen LogP contribution in [0.25, 0.3) is 0 Å². The second-order valence-electron chi connectivity index (χ2n) is 4.95. The minimum Gasteiger partial charge on any atom is -0.492 e. The number of hydrogen-bond acceptors (Lipinski definition) is 3. The van der Waals surface area contributed by atoms with E-state index >= 15 is 0 Å². The van der Waals surface area contributed by atoms with Gasteiger partial charge in [0.15, 0.2) is 0 Å². The molecule has 0 aromatic heterocycles. The van der Waals surface area contributed by atoms with E-state index in [1.165, 1.54) is 0 Å². The Bertz CT molecular complexity index is 307. The number of anilines is 1. The molecule has 0 saturated heterocycles. The third-order valence-corrected chi connectivity index (χ3v) is 2.38. The fraction of sp³-hybridized carbons (Fsp3) is 0.571. The molecule has 3 nitrogen and oxygen atoms in total. The van der Waals surface area contributed by atoms with Crippen molar-refractivity contribution in [3.05, 3.63) is 24.3 Å². The van der Waals surface area contributed by atoms with Gasteiger partial charge in [0.05, 0.1) is 0 Å². The van der Waals surface area contributed by atoms with Gasteiger partial charge < -0.3 is 15.0 Å². The van der Waals surface area contributed by atoms with Gasteiger partial charge >= 0.3 is 0 Å². The van der Waals surface area contributed by atoms with Crippen molar-refractivity contribution in [2.75, 3.05) is 39.1 Å². The molecule has 3 heteroatoms. The van der Waals surface area contributed by atoms with Crippen LogP contribution in [0.15, 0.2) is 24.3 Å². The molecule has 0 aliphatic carbocycles. The first kappa shape index (κ1) is 13.8. The Kier molecular flexibility index (Phi) is 5.84. The van der Waals surface area contributed by atoms with Gasteiger partial charge in [-0.1, -0.05) is 13.8 Å². The summed E-state index contributed by atoms with van der Waals surface area (Å²) >= 11 is 0. The first-order valence-electron chi connectivity index (χ1n) is 6.19. The fourth-order valence-corrected chi connectivity index (χ4v) is 1.34. The van der Waals surface area contributed by atoms with Crippen molar-refractivity contribution in [1.29, 1.82) is 0 Å². The first-order valence-corrected chi connectivity index (χ1v) is 6.19. The van der Waals surface area contributed by atoms with E-state index in [2.05, 4.69) is 36.2 Å². The first-order chi connectivity index (χ1) is 8.08. The predicted octanol–water partition coefficient (Wildman–Crippen LogP) is 2.69. The molecular formula is C14H24N2O. The zero-order chi connectivity index (χ0) is 12.7. The lowest BCUT2D eigenvalue weighted by Gasteiger charge is -2.12. The van der Waals surface area contributed by atoms with Gasteiger partial charge in [0.25, 0.3) is 0 Å². The molecule has 1 N–H and O–H groups in total. The highest BCUT2D eigenvalue weighted by molar-refractivity contribution is 5.46. The summed E-state index contributed by atoms with van der Waals surface area (Å²) in [6.07, 6.45) is 0. The topological polar surface area (TPSA) is 24.5 Å². The average Bonchev–Trinajstić information content (AvgIpc) is 2.27. The van der Waals surface area contributed by atoms with Crippen molar-refractivity contribution in [3.63, 3.8) is 0 Å². The Morgan fingerprint density at radius 2 is 1.82 bits per heavy atom. The van der Waals surface area contributed by atoms with Crippen LogP contribution in [0, 0.1) is 5.92 Å². The minimum absolute atomic E-state index is 0.658. The third kappa shape index (κ3) is 6.17. The molecule has 1 rings (SSSR count). The van der Waals surface area contributed by atoms with Gasteiger partial charge in [-0.05, 0) is 44.3 Å². The van der Waals surface area contributed by atoms with E-state index in [-0.39, 0.29) is 0 Å². The smallest absolute Gasteiger partial charge is 0.119 e. The number of nitrogens with zero attached hydrogens (tertiary/aromatic N) is 1. The molecular weight excluding hydrogens is 212 g/mol. The standard InChI is InChI=1S/C14H24N2O/c1-12(2)11-15-13-5-7-14(8-6-13)17-10-9-16(3)4/h5-8,12,15H,9-11H2,1-4H3. The molecule has 1 aromatic rings. The minimum atomic E-state index is 0.658. The van der Waals surface area contributed by atoms with E-state index in [9.17, 15) is 0 Å². The molecule has 1 aromatic carbocycles. The quantitative estimate of drug-likeness (QED) is 0.787. The van der Waals surface area contributed by atoms with Crippen LogP contribution in [0.2, 0.25) is 0 Å². The predicted molar refractivity (Wildman–Crippen MR) is 73.8 cm³/mol. The van der Waals surface area contributed by atoms with Crippen molar-refractivity contribution in [1.82, 2.24) is 4.90 Å². The normalized spacial score (nSPS) is 10.9. The molecule has 96 valence electrons. The maximum Gasteiger partial charge on any atom is 0.119 e. The molecule has 0 heterocycles. The van der Waals surface area contributed by atoms with E-state index in [1.807, 2.05) is 26.2 Å². The molecule has 0 atom stereocenters. The van der Waals surface area contributed by atoms with Crippen molar-refractivity contribution in [2.45, 2.75) is 13.8 Å². The van der Waals surface area contributed by atoms with Gasteiger partial charge in [0, 0.05) is 18.8 Å². The average molecular weight is 236 g/mol. The summed E-state index contributed by atoms with van der Waals surface area (Å²) in [5.41, 5.74) is 1.15. The largest absolute Gasteiger partial charge is 0.492 e. The lowest BCUT2D eigenvalue weighted by atomic mass is 10.2. The van der Waals surface area contributed by atoms with E-state index in [1.54, 1.807) is 0 Å². The molecule has 0 bridgehead atoms. The van der Waals surface area contributed by atoms with Crippen LogP contribution < -0.4 is 10.1 Å². The number of hydrogen-bond donors (Lipinski definition) is 1. The Morgan fingerprint density at radius 3 is 2.35 bits per heavy atom. The molecule has 17 heavy (non-hydrogen) atoms. The van der Waals surface area contributed by atoms with Crippen molar-refractivity contribution in [3.8, 4) is 5.75 Å². The molecule has 0 fully saturated rings. The number of nitrogens with one attached hydrogen (secondary N) is 1. The van der Waals surface area contributed by atoms with E-state index < -0.39 is 0 Å². The van der Waals surface area contributed by atoms with Gasteiger partial charge in [-0.3, -0.25) is 0 Å². The zero-order valence-electron chi connectivity index (χ0n) is 11.4. The van der Waals surface area contributed by atoms with Crippen molar-refractivity contribution >= 4 is 5.69 Å². The highest BCUT2D eigenvalue weighted by Crippen LogP contribution is 2.15. The SMILES string of the molecule is CC(C)CNc1ccc(OCCN(C)C)cc1. The molecule has 0 amide bonds. The highest BCUT2D eigenvalue weighted by atomic mass is 16.5. The molecule has 0 radical (unpaired) electrons. The zero-order valence-corrected chi connectivity index (χ0v) is 11.4. The second kappa shape index (κ2) is 7.17. The summed E-state index contributed by atoms with van der Waals surface area (Å²) in [6.45, 7) is 7.07. The number of ether oxygens (including phenoxy) is 1. The molecule has 0 saturated carbocycles. The monoisotopic (exact) mass is 236 g/mol. The second-order valence-corrected chi connectivity index (χ2v) is 4.95. The summed E-state index contributed by atoms with van der Waals surface area (Å²) in [6, 6.07) is 8.15. The molecule has 0 unspecified atom stereocenters. The lowest BCUT2D eigenvalue weighted by Crippen LogP contribution is -2.19. The highest BCUT2D eigenvalue weighted by Gasteiger charge is 1.97. The summed E-state index contributed by atoms with van der Waals surface area (Å²) in [5.74, 6) is 1.59. The summed E-state index contributed by atoms with van der Waals surface area (Å²) in [4.78, 5) is 2.11.